The molecule has 1 aliphatic heterocycles. The number of benzene rings is 1. The van der Waals surface area contributed by atoms with Crippen molar-refractivity contribution < 1.29 is 0 Å². The average molecular weight is 224 g/mol. The van der Waals surface area contributed by atoms with Crippen LogP contribution in [0.25, 0.3) is 11.1 Å². The standard InChI is InChI=1S/C15H16N2/c1-2-6-15(17-11-3-4-12-17)14(5-1)13-7-9-16-10-8-13/h1-2,5-10H,3-4,11-12H2. The molecule has 0 radical (unpaired) electrons. The average Bonchev–Trinajstić information content (AvgIpc) is 2.94. The molecule has 2 heterocycles. The van der Waals surface area contributed by atoms with Gasteiger partial charge in [0.05, 0.1) is 0 Å². The van der Waals surface area contributed by atoms with Crippen LogP contribution in [0.5, 0.6) is 0 Å². The van der Waals surface area contributed by atoms with E-state index in [-0.39, 0.29) is 0 Å². The van der Waals surface area contributed by atoms with Crippen molar-refractivity contribution in [3.05, 3.63) is 48.8 Å². The summed E-state index contributed by atoms with van der Waals surface area (Å²) in [6, 6.07) is 12.8. The molecule has 0 aliphatic carbocycles. The van der Waals surface area contributed by atoms with Gasteiger partial charge >= 0.3 is 0 Å². The summed E-state index contributed by atoms with van der Waals surface area (Å²) in [5.41, 5.74) is 3.93. The maximum Gasteiger partial charge on any atom is 0.0445 e. The Bertz CT molecular complexity index is 487. The lowest BCUT2D eigenvalue weighted by molar-refractivity contribution is 0.949. The lowest BCUT2D eigenvalue weighted by atomic mass is 10.0. The van der Waals surface area contributed by atoms with E-state index in [0.29, 0.717) is 0 Å². The lowest BCUT2D eigenvalue weighted by Crippen LogP contribution is -2.18. The number of pyridine rings is 1. The Labute approximate surface area is 102 Å². The molecule has 1 aromatic heterocycles. The summed E-state index contributed by atoms with van der Waals surface area (Å²) in [6.07, 6.45) is 6.33. The molecule has 0 bridgehead atoms. The molecule has 0 atom stereocenters. The van der Waals surface area contributed by atoms with Crippen molar-refractivity contribution >= 4 is 5.69 Å². The fraction of sp³-hybridized carbons (Fsp3) is 0.267. The molecule has 17 heavy (non-hydrogen) atoms. The minimum absolute atomic E-state index is 1.18. The molecule has 1 aliphatic rings. The third-order valence-electron chi connectivity index (χ3n) is 3.34. The van der Waals surface area contributed by atoms with Crippen molar-refractivity contribution in [1.29, 1.82) is 0 Å². The second-order valence-corrected chi connectivity index (χ2v) is 4.45. The van der Waals surface area contributed by atoms with Gasteiger partial charge in [-0.1, -0.05) is 18.2 Å². The summed E-state index contributed by atoms with van der Waals surface area (Å²) >= 11 is 0. The molecule has 3 rings (SSSR count). The Kier molecular flexibility index (Phi) is 2.78. The largest absolute Gasteiger partial charge is 0.371 e. The molecule has 2 aromatic rings. The Morgan fingerprint density at radius 2 is 1.59 bits per heavy atom. The fourth-order valence-corrected chi connectivity index (χ4v) is 2.48. The van der Waals surface area contributed by atoms with E-state index in [1.807, 2.05) is 12.4 Å². The Balaban J connectivity index is 2.04. The van der Waals surface area contributed by atoms with Crippen LogP contribution < -0.4 is 4.90 Å². The fourth-order valence-electron chi connectivity index (χ4n) is 2.48. The predicted molar refractivity (Wildman–Crippen MR) is 71.1 cm³/mol. The molecule has 0 saturated carbocycles. The zero-order valence-corrected chi connectivity index (χ0v) is 9.84. The predicted octanol–water partition coefficient (Wildman–Crippen LogP) is 3.35. The van der Waals surface area contributed by atoms with Gasteiger partial charge in [-0.3, -0.25) is 4.98 Å². The van der Waals surface area contributed by atoms with Gasteiger partial charge in [0.25, 0.3) is 0 Å². The van der Waals surface area contributed by atoms with E-state index in [1.54, 1.807) is 0 Å². The van der Waals surface area contributed by atoms with Gasteiger partial charge in [0.15, 0.2) is 0 Å². The number of nitrogens with zero attached hydrogens (tertiary/aromatic N) is 2. The third kappa shape index (κ3) is 2.03. The van der Waals surface area contributed by atoms with E-state index in [1.165, 1.54) is 42.7 Å². The Hall–Kier alpha value is -1.83. The Morgan fingerprint density at radius 3 is 2.35 bits per heavy atom. The number of hydrogen-bond donors (Lipinski definition) is 0. The van der Waals surface area contributed by atoms with Gasteiger partial charge in [0, 0.05) is 36.7 Å². The summed E-state index contributed by atoms with van der Waals surface area (Å²) in [5, 5.41) is 0. The number of aromatic nitrogens is 1. The van der Waals surface area contributed by atoms with Crippen molar-refractivity contribution in [2.75, 3.05) is 18.0 Å². The van der Waals surface area contributed by atoms with Gasteiger partial charge in [-0.25, -0.2) is 0 Å². The first kappa shape index (κ1) is 10.3. The molecular formula is C15H16N2. The first-order chi connectivity index (χ1) is 8.45. The molecule has 86 valence electrons. The molecular weight excluding hydrogens is 208 g/mol. The van der Waals surface area contributed by atoms with Crippen molar-refractivity contribution in [1.82, 2.24) is 4.98 Å². The van der Waals surface area contributed by atoms with Crippen LogP contribution in [0.15, 0.2) is 48.8 Å². The summed E-state index contributed by atoms with van der Waals surface area (Å²) < 4.78 is 0. The van der Waals surface area contributed by atoms with Crippen LogP contribution in [0, 0.1) is 0 Å². The molecule has 0 spiro atoms. The number of anilines is 1. The van der Waals surface area contributed by atoms with Gasteiger partial charge in [-0.15, -0.1) is 0 Å². The van der Waals surface area contributed by atoms with Crippen LogP contribution in [0.1, 0.15) is 12.8 Å². The van der Waals surface area contributed by atoms with E-state index in [9.17, 15) is 0 Å². The van der Waals surface area contributed by atoms with Crippen molar-refractivity contribution in [3.63, 3.8) is 0 Å². The van der Waals surface area contributed by atoms with Crippen LogP contribution in [0.3, 0.4) is 0 Å². The van der Waals surface area contributed by atoms with Gasteiger partial charge in [0.1, 0.15) is 0 Å². The van der Waals surface area contributed by atoms with Gasteiger partial charge < -0.3 is 4.90 Å². The summed E-state index contributed by atoms with van der Waals surface area (Å²) in [7, 11) is 0. The molecule has 0 N–H and O–H groups in total. The summed E-state index contributed by atoms with van der Waals surface area (Å²) in [5.74, 6) is 0. The maximum atomic E-state index is 4.08. The second kappa shape index (κ2) is 4.58. The van der Waals surface area contributed by atoms with E-state index in [4.69, 9.17) is 0 Å². The second-order valence-electron chi connectivity index (χ2n) is 4.45. The van der Waals surface area contributed by atoms with Crippen molar-refractivity contribution in [2.45, 2.75) is 12.8 Å². The SMILES string of the molecule is c1ccc(N2CCCC2)c(-c2ccncc2)c1. The van der Waals surface area contributed by atoms with Gasteiger partial charge in [0.2, 0.25) is 0 Å². The first-order valence-corrected chi connectivity index (χ1v) is 6.19. The minimum Gasteiger partial charge on any atom is -0.371 e. The highest BCUT2D eigenvalue weighted by Gasteiger charge is 2.15. The molecule has 0 unspecified atom stereocenters. The van der Waals surface area contributed by atoms with Crippen LogP contribution in [0.4, 0.5) is 5.69 Å². The molecule has 1 aromatic carbocycles. The zero-order valence-electron chi connectivity index (χ0n) is 9.84. The summed E-state index contributed by atoms with van der Waals surface area (Å²) in [4.78, 5) is 6.57. The maximum absolute atomic E-state index is 4.08. The number of hydrogen-bond acceptors (Lipinski definition) is 2. The smallest absolute Gasteiger partial charge is 0.0445 e. The van der Waals surface area contributed by atoms with E-state index < -0.39 is 0 Å². The van der Waals surface area contributed by atoms with Crippen LogP contribution in [-0.4, -0.2) is 18.1 Å². The van der Waals surface area contributed by atoms with E-state index >= 15 is 0 Å². The lowest BCUT2D eigenvalue weighted by Gasteiger charge is -2.21. The highest BCUT2D eigenvalue weighted by Crippen LogP contribution is 2.32. The van der Waals surface area contributed by atoms with E-state index in [0.717, 1.165) is 0 Å². The highest BCUT2D eigenvalue weighted by atomic mass is 15.1. The monoisotopic (exact) mass is 224 g/mol. The molecule has 1 saturated heterocycles. The number of para-hydroxylation sites is 1. The molecule has 2 heteroatoms. The number of rotatable bonds is 2. The zero-order chi connectivity index (χ0) is 11.5. The topological polar surface area (TPSA) is 16.1 Å². The van der Waals surface area contributed by atoms with Crippen LogP contribution in [0.2, 0.25) is 0 Å². The van der Waals surface area contributed by atoms with Gasteiger partial charge in [-0.05, 0) is 36.6 Å². The molecule has 2 nitrogen and oxygen atoms in total. The highest BCUT2D eigenvalue weighted by molar-refractivity contribution is 5.78. The van der Waals surface area contributed by atoms with E-state index in [2.05, 4.69) is 46.3 Å². The van der Waals surface area contributed by atoms with Crippen LogP contribution in [-0.2, 0) is 0 Å². The third-order valence-corrected chi connectivity index (χ3v) is 3.34. The van der Waals surface area contributed by atoms with Crippen LogP contribution >= 0.6 is 0 Å². The summed E-state index contributed by atoms with van der Waals surface area (Å²) in [6.45, 7) is 2.37. The molecule has 0 amide bonds. The van der Waals surface area contributed by atoms with Crippen molar-refractivity contribution in [3.8, 4) is 11.1 Å². The van der Waals surface area contributed by atoms with Gasteiger partial charge in [-0.2, -0.15) is 0 Å². The van der Waals surface area contributed by atoms with Crippen molar-refractivity contribution in [2.24, 2.45) is 0 Å². The molecule has 1 fully saturated rings. The Morgan fingerprint density at radius 1 is 0.882 bits per heavy atom. The normalized spacial score (nSPS) is 15.2. The quantitative estimate of drug-likeness (QED) is 0.777. The first-order valence-electron chi connectivity index (χ1n) is 6.19. The minimum atomic E-state index is 1.18.